The van der Waals surface area contributed by atoms with Gasteiger partial charge in [0.15, 0.2) is 0 Å². The minimum absolute atomic E-state index is 0.0244. The van der Waals surface area contributed by atoms with Gasteiger partial charge in [-0.15, -0.1) is 0 Å². The molecule has 0 bridgehead atoms. The molecule has 0 aliphatic heterocycles. The molecule has 0 aromatic heterocycles. The molecule has 0 saturated carbocycles. The Balaban J connectivity index is 2.96. The highest BCUT2D eigenvalue weighted by Crippen LogP contribution is 2.23. The first kappa shape index (κ1) is 25.4. The summed E-state index contributed by atoms with van der Waals surface area (Å²) >= 11 is 6.06. The summed E-state index contributed by atoms with van der Waals surface area (Å²) in [5, 5.41) is 5.56. The van der Waals surface area contributed by atoms with Crippen molar-refractivity contribution >= 4 is 33.4 Å². The van der Waals surface area contributed by atoms with E-state index in [0.717, 1.165) is 5.56 Å². The van der Waals surface area contributed by atoms with Crippen LogP contribution in [-0.2, 0) is 19.6 Å². The fourth-order valence-corrected chi connectivity index (χ4v) is 4.24. The van der Waals surface area contributed by atoms with Crippen LogP contribution in [0.4, 0.5) is 0 Å². The summed E-state index contributed by atoms with van der Waals surface area (Å²) in [5.74, 6) is -0.196. The second kappa shape index (κ2) is 11.5. The van der Waals surface area contributed by atoms with Crippen molar-refractivity contribution in [2.75, 3.05) is 13.1 Å². The highest BCUT2D eigenvalue weighted by molar-refractivity contribution is 7.89. The Hall–Kier alpha value is -1.64. The first-order valence-electron chi connectivity index (χ1n) is 9.75. The van der Waals surface area contributed by atoms with Gasteiger partial charge in [0, 0.05) is 19.5 Å². The molecule has 1 atom stereocenters. The van der Waals surface area contributed by atoms with E-state index in [0.29, 0.717) is 19.0 Å². The number of rotatable bonds is 11. The predicted molar refractivity (Wildman–Crippen MR) is 115 cm³/mol. The summed E-state index contributed by atoms with van der Waals surface area (Å²) < 4.78 is 28.1. The normalized spacial score (nSPS) is 12.8. The zero-order valence-electron chi connectivity index (χ0n) is 17.7. The highest BCUT2D eigenvalue weighted by Gasteiger charge is 2.28. The molecule has 0 heterocycles. The Labute approximate surface area is 179 Å². The van der Waals surface area contributed by atoms with Gasteiger partial charge in [-0.2, -0.15) is 4.72 Å². The molecule has 0 fully saturated rings. The minimum Gasteiger partial charge on any atom is -0.356 e. The smallest absolute Gasteiger partial charge is 0.242 e. The highest BCUT2D eigenvalue weighted by atomic mass is 35.5. The van der Waals surface area contributed by atoms with Gasteiger partial charge in [-0.25, -0.2) is 8.42 Å². The van der Waals surface area contributed by atoms with Crippen LogP contribution in [-0.4, -0.2) is 39.4 Å². The second-order valence-electron chi connectivity index (χ2n) is 7.98. The van der Waals surface area contributed by atoms with Gasteiger partial charge in [0.2, 0.25) is 21.8 Å². The van der Waals surface area contributed by atoms with Crippen molar-refractivity contribution in [3.05, 3.63) is 28.8 Å². The lowest BCUT2D eigenvalue weighted by molar-refractivity contribution is -0.124. The monoisotopic (exact) mass is 445 g/mol. The van der Waals surface area contributed by atoms with E-state index in [1.165, 1.54) is 12.1 Å². The average Bonchev–Trinajstić information content (AvgIpc) is 2.63. The van der Waals surface area contributed by atoms with Crippen molar-refractivity contribution in [3.63, 3.8) is 0 Å². The van der Waals surface area contributed by atoms with Crippen molar-refractivity contribution in [2.45, 2.75) is 58.4 Å². The van der Waals surface area contributed by atoms with Crippen molar-refractivity contribution < 1.29 is 18.0 Å². The van der Waals surface area contributed by atoms with Crippen molar-refractivity contribution in [1.29, 1.82) is 0 Å². The summed E-state index contributed by atoms with van der Waals surface area (Å²) in [6.07, 6.45) is 0.0626. The molecular weight excluding hydrogens is 414 g/mol. The standard InChI is InChI=1S/C20H32ClN3O4S/c1-13(2)11-22-19(25)9-8-17(20(26)23-12-14(3)4)24-29(27,28)18-10-15(5)6-7-16(18)21/h6-7,10,13-14,17,24H,8-9,11-12H2,1-5H3,(H,22,25)(H,23,26). The van der Waals surface area contributed by atoms with Gasteiger partial charge in [0.1, 0.15) is 10.9 Å². The van der Waals surface area contributed by atoms with Gasteiger partial charge in [0.25, 0.3) is 0 Å². The minimum atomic E-state index is -4.04. The van der Waals surface area contributed by atoms with E-state index >= 15 is 0 Å². The van der Waals surface area contributed by atoms with E-state index in [-0.39, 0.29) is 34.6 Å². The first-order valence-corrected chi connectivity index (χ1v) is 11.6. The quantitative estimate of drug-likeness (QED) is 0.487. The number of carbonyl (C=O) groups excluding carboxylic acids is 2. The number of aryl methyl sites for hydroxylation is 1. The molecule has 9 heteroatoms. The van der Waals surface area contributed by atoms with E-state index in [2.05, 4.69) is 15.4 Å². The van der Waals surface area contributed by atoms with Crippen LogP contribution in [0.3, 0.4) is 0 Å². The zero-order chi connectivity index (χ0) is 22.2. The van der Waals surface area contributed by atoms with Gasteiger partial charge in [-0.1, -0.05) is 45.4 Å². The Morgan fingerprint density at radius 2 is 1.62 bits per heavy atom. The van der Waals surface area contributed by atoms with Crippen molar-refractivity contribution in [3.8, 4) is 0 Å². The number of nitrogens with one attached hydrogen (secondary N) is 3. The molecule has 0 spiro atoms. The third-order valence-corrected chi connectivity index (χ3v) is 6.00. The third kappa shape index (κ3) is 9.14. The lowest BCUT2D eigenvalue weighted by Gasteiger charge is -2.20. The number of sulfonamides is 1. The predicted octanol–water partition coefficient (Wildman–Crippen LogP) is 2.62. The Kier molecular flexibility index (Phi) is 10.1. The molecule has 1 aromatic rings. The van der Waals surface area contributed by atoms with Crippen LogP contribution < -0.4 is 15.4 Å². The molecule has 1 aromatic carbocycles. The second-order valence-corrected chi connectivity index (χ2v) is 10.1. The maximum absolute atomic E-state index is 12.8. The van der Waals surface area contributed by atoms with E-state index in [1.807, 2.05) is 27.7 Å². The number of halogens is 1. The van der Waals surface area contributed by atoms with Gasteiger partial charge < -0.3 is 10.6 Å². The van der Waals surface area contributed by atoms with Crippen LogP contribution >= 0.6 is 11.6 Å². The molecule has 1 rings (SSSR count). The molecule has 0 radical (unpaired) electrons. The maximum atomic E-state index is 12.8. The van der Waals surface area contributed by atoms with Crippen LogP contribution in [0.15, 0.2) is 23.1 Å². The van der Waals surface area contributed by atoms with Crippen LogP contribution in [0.1, 0.15) is 46.1 Å². The molecule has 0 aliphatic rings. The fourth-order valence-electron chi connectivity index (χ4n) is 2.42. The zero-order valence-corrected chi connectivity index (χ0v) is 19.3. The summed E-state index contributed by atoms with van der Waals surface area (Å²) in [7, 11) is -4.04. The SMILES string of the molecule is Cc1ccc(Cl)c(S(=O)(=O)NC(CCC(=O)NCC(C)C)C(=O)NCC(C)C)c1. The Morgan fingerprint density at radius 3 is 2.21 bits per heavy atom. The average molecular weight is 446 g/mol. The van der Waals surface area contributed by atoms with Crippen LogP contribution in [0, 0.1) is 18.8 Å². The molecule has 3 N–H and O–H groups in total. The summed E-state index contributed by atoms with van der Waals surface area (Å²) in [6.45, 7) is 10.5. The van der Waals surface area contributed by atoms with Gasteiger partial charge in [-0.05, 0) is 42.9 Å². The van der Waals surface area contributed by atoms with Crippen molar-refractivity contribution in [1.82, 2.24) is 15.4 Å². The molecule has 0 aliphatic carbocycles. The molecule has 2 amide bonds. The molecule has 164 valence electrons. The van der Waals surface area contributed by atoms with Gasteiger partial charge in [0.05, 0.1) is 5.02 Å². The molecular formula is C20H32ClN3O4S. The topological polar surface area (TPSA) is 104 Å². The maximum Gasteiger partial charge on any atom is 0.242 e. The van der Waals surface area contributed by atoms with Crippen LogP contribution in [0.2, 0.25) is 5.02 Å². The van der Waals surface area contributed by atoms with Crippen LogP contribution in [0.25, 0.3) is 0 Å². The van der Waals surface area contributed by atoms with E-state index in [4.69, 9.17) is 11.6 Å². The third-order valence-electron chi connectivity index (χ3n) is 4.04. The number of hydrogen-bond donors (Lipinski definition) is 3. The lowest BCUT2D eigenvalue weighted by atomic mass is 10.1. The Morgan fingerprint density at radius 1 is 1.03 bits per heavy atom. The summed E-state index contributed by atoms with van der Waals surface area (Å²) in [4.78, 5) is 24.5. The number of carbonyl (C=O) groups is 2. The number of hydrogen-bond acceptors (Lipinski definition) is 4. The fraction of sp³-hybridized carbons (Fsp3) is 0.600. The summed E-state index contributed by atoms with van der Waals surface area (Å²) in [6, 6.07) is 3.56. The lowest BCUT2D eigenvalue weighted by Crippen LogP contribution is -2.48. The molecule has 29 heavy (non-hydrogen) atoms. The number of benzene rings is 1. The van der Waals surface area contributed by atoms with Gasteiger partial charge >= 0.3 is 0 Å². The largest absolute Gasteiger partial charge is 0.356 e. The first-order chi connectivity index (χ1) is 13.4. The van der Waals surface area contributed by atoms with E-state index in [9.17, 15) is 18.0 Å². The molecule has 0 saturated heterocycles. The van der Waals surface area contributed by atoms with Crippen LogP contribution in [0.5, 0.6) is 0 Å². The molecule has 7 nitrogen and oxygen atoms in total. The Bertz CT molecular complexity index is 810. The van der Waals surface area contributed by atoms with E-state index in [1.54, 1.807) is 13.0 Å². The van der Waals surface area contributed by atoms with Gasteiger partial charge in [-0.3, -0.25) is 9.59 Å². The molecule has 1 unspecified atom stereocenters. The van der Waals surface area contributed by atoms with E-state index < -0.39 is 22.0 Å². The summed E-state index contributed by atoms with van der Waals surface area (Å²) in [5.41, 5.74) is 0.726. The van der Waals surface area contributed by atoms with Crippen molar-refractivity contribution in [2.24, 2.45) is 11.8 Å². The number of amides is 2.